The molecule has 0 aliphatic rings. The van der Waals surface area contributed by atoms with Crippen molar-refractivity contribution in [3.63, 3.8) is 0 Å². The molecule has 1 N–H and O–H groups in total. The lowest BCUT2D eigenvalue weighted by molar-refractivity contribution is 0.368. The average Bonchev–Trinajstić information content (AvgIpc) is 3.24. The van der Waals surface area contributed by atoms with Gasteiger partial charge in [0.25, 0.3) is 0 Å². The first-order valence-electron chi connectivity index (χ1n) is 8.36. The monoisotopic (exact) mass is 349 g/mol. The lowest BCUT2D eigenvalue weighted by Crippen LogP contribution is -2.40. The van der Waals surface area contributed by atoms with Crippen LogP contribution in [0.1, 0.15) is 42.8 Å². The number of rotatable bonds is 8. The number of aliphatic imine (C=N–C) groups is 1. The van der Waals surface area contributed by atoms with Gasteiger partial charge in [-0.3, -0.25) is 4.99 Å². The van der Waals surface area contributed by atoms with Crippen LogP contribution in [0.5, 0.6) is 0 Å². The second-order valence-corrected chi connectivity index (χ2v) is 7.06. The van der Waals surface area contributed by atoms with Crippen molar-refractivity contribution in [2.45, 2.75) is 39.0 Å². The van der Waals surface area contributed by atoms with E-state index < -0.39 is 0 Å². The molecule has 24 heavy (non-hydrogen) atoms. The summed E-state index contributed by atoms with van der Waals surface area (Å²) in [7, 11) is 3.88. The van der Waals surface area contributed by atoms with Crippen LogP contribution in [0.2, 0.25) is 0 Å². The summed E-state index contributed by atoms with van der Waals surface area (Å²) in [6.07, 6.45) is 2.75. The Morgan fingerprint density at radius 1 is 1.42 bits per heavy atom. The van der Waals surface area contributed by atoms with E-state index >= 15 is 0 Å². The zero-order valence-electron chi connectivity index (χ0n) is 15.0. The fourth-order valence-corrected chi connectivity index (χ4v) is 2.97. The summed E-state index contributed by atoms with van der Waals surface area (Å²) >= 11 is 1.80. The van der Waals surface area contributed by atoms with Gasteiger partial charge in [0.1, 0.15) is 0 Å². The Labute approximate surface area is 148 Å². The third kappa shape index (κ3) is 5.63. The van der Waals surface area contributed by atoms with E-state index in [0.717, 1.165) is 44.1 Å². The van der Waals surface area contributed by atoms with Gasteiger partial charge in [0.05, 0.1) is 0 Å². The van der Waals surface area contributed by atoms with Crippen LogP contribution in [0.25, 0.3) is 0 Å². The third-order valence-electron chi connectivity index (χ3n) is 3.70. The largest absolute Gasteiger partial charge is 0.356 e. The number of nitrogens with one attached hydrogen (secondary N) is 1. The van der Waals surface area contributed by atoms with Crippen LogP contribution in [0.3, 0.4) is 0 Å². The van der Waals surface area contributed by atoms with Gasteiger partial charge < -0.3 is 14.7 Å². The van der Waals surface area contributed by atoms with Gasteiger partial charge in [-0.05, 0) is 24.3 Å². The number of aryl methyl sites for hydroxylation is 1. The number of aromatic nitrogens is 2. The minimum atomic E-state index is 0.302. The Kier molecular flexibility index (Phi) is 7.24. The molecule has 2 aromatic heterocycles. The molecule has 0 saturated carbocycles. The predicted molar refractivity (Wildman–Crippen MR) is 98.7 cm³/mol. The maximum absolute atomic E-state index is 5.26. The number of nitrogens with zero attached hydrogens (tertiary/aromatic N) is 4. The topological polar surface area (TPSA) is 66.5 Å². The second kappa shape index (κ2) is 9.42. The van der Waals surface area contributed by atoms with Gasteiger partial charge in [0.15, 0.2) is 11.8 Å². The van der Waals surface area contributed by atoms with E-state index in [2.05, 4.69) is 63.8 Å². The molecular weight excluding hydrogens is 322 g/mol. The van der Waals surface area contributed by atoms with Crippen LogP contribution in [-0.2, 0) is 12.8 Å². The first-order valence-corrected chi connectivity index (χ1v) is 9.24. The molecule has 6 nitrogen and oxygen atoms in total. The van der Waals surface area contributed by atoms with E-state index in [-0.39, 0.29) is 0 Å². The number of hydrogen-bond acceptors (Lipinski definition) is 5. The number of thiophene rings is 1. The molecule has 0 aromatic carbocycles. The Bertz CT molecular complexity index is 621. The summed E-state index contributed by atoms with van der Waals surface area (Å²) in [4.78, 5) is 12.3. The van der Waals surface area contributed by atoms with Crippen molar-refractivity contribution in [2.75, 3.05) is 27.2 Å². The predicted octanol–water partition coefficient (Wildman–Crippen LogP) is 2.94. The molecule has 0 aliphatic carbocycles. The van der Waals surface area contributed by atoms with Crippen LogP contribution in [0.4, 0.5) is 0 Å². The molecule has 2 heterocycles. The Morgan fingerprint density at radius 3 is 2.88 bits per heavy atom. The minimum Gasteiger partial charge on any atom is -0.356 e. The summed E-state index contributed by atoms with van der Waals surface area (Å²) in [6.45, 7) is 5.90. The fourth-order valence-electron chi connectivity index (χ4n) is 2.27. The van der Waals surface area contributed by atoms with Crippen LogP contribution >= 0.6 is 11.3 Å². The Morgan fingerprint density at radius 2 is 2.25 bits per heavy atom. The van der Waals surface area contributed by atoms with E-state index in [1.807, 2.05) is 7.05 Å². The van der Waals surface area contributed by atoms with E-state index in [9.17, 15) is 0 Å². The molecule has 0 unspecified atom stereocenters. The van der Waals surface area contributed by atoms with Crippen molar-refractivity contribution >= 4 is 17.3 Å². The van der Waals surface area contributed by atoms with Gasteiger partial charge in [0.2, 0.25) is 5.89 Å². The maximum atomic E-state index is 5.26. The summed E-state index contributed by atoms with van der Waals surface area (Å²) < 4.78 is 5.26. The highest BCUT2D eigenvalue weighted by atomic mass is 32.1. The number of likely N-dealkylation sites (N-methyl/N-ethyl adjacent to an activating group) is 1. The van der Waals surface area contributed by atoms with Crippen LogP contribution < -0.4 is 5.32 Å². The highest BCUT2D eigenvalue weighted by Crippen LogP contribution is 2.11. The molecule has 0 bridgehead atoms. The quantitative estimate of drug-likeness (QED) is 0.451. The van der Waals surface area contributed by atoms with Gasteiger partial charge in [-0.25, -0.2) is 0 Å². The standard InChI is InChI=1S/C17H27N5OS/c1-13(2)16-20-15(23-21-16)8-5-10-19-17(18-3)22(4)11-9-14-7-6-12-24-14/h6-7,12-13H,5,8-11H2,1-4H3,(H,18,19). The molecule has 0 atom stereocenters. The summed E-state index contributed by atoms with van der Waals surface area (Å²) in [5.74, 6) is 2.71. The molecule has 0 amide bonds. The zero-order chi connectivity index (χ0) is 17.4. The first kappa shape index (κ1) is 18.4. The lowest BCUT2D eigenvalue weighted by Gasteiger charge is -2.21. The Hall–Kier alpha value is -1.89. The van der Waals surface area contributed by atoms with Crippen molar-refractivity contribution in [1.82, 2.24) is 20.4 Å². The van der Waals surface area contributed by atoms with Crippen LogP contribution in [0, 0.1) is 0 Å². The van der Waals surface area contributed by atoms with Crippen LogP contribution in [0.15, 0.2) is 27.0 Å². The number of guanidine groups is 1. The lowest BCUT2D eigenvalue weighted by atomic mass is 10.2. The van der Waals surface area contributed by atoms with Gasteiger partial charge in [-0.1, -0.05) is 25.1 Å². The molecule has 0 fully saturated rings. The SMILES string of the molecule is CN=C(NCCCc1nc(C(C)C)no1)N(C)CCc1cccs1. The van der Waals surface area contributed by atoms with E-state index in [4.69, 9.17) is 4.52 Å². The fraction of sp³-hybridized carbons (Fsp3) is 0.588. The van der Waals surface area contributed by atoms with E-state index in [1.54, 1.807) is 11.3 Å². The summed E-state index contributed by atoms with van der Waals surface area (Å²) in [6, 6.07) is 4.26. The van der Waals surface area contributed by atoms with E-state index in [0.29, 0.717) is 11.8 Å². The third-order valence-corrected chi connectivity index (χ3v) is 4.63. The highest BCUT2D eigenvalue weighted by Gasteiger charge is 2.10. The Balaban J connectivity index is 1.68. The minimum absolute atomic E-state index is 0.302. The molecule has 0 saturated heterocycles. The molecule has 0 radical (unpaired) electrons. The molecule has 0 aliphatic heterocycles. The van der Waals surface area contributed by atoms with Gasteiger partial charge in [0, 0.05) is 44.4 Å². The molecule has 2 rings (SSSR count). The van der Waals surface area contributed by atoms with E-state index in [1.165, 1.54) is 4.88 Å². The van der Waals surface area contributed by atoms with Gasteiger partial charge >= 0.3 is 0 Å². The van der Waals surface area contributed by atoms with Gasteiger partial charge in [-0.2, -0.15) is 4.98 Å². The molecule has 7 heteroatoms. The van der Waals surface area contributed by atoms with Crippen molar-refractivity contribution in [2.24, 2.45) is 4.99 Å². The smallest absolute Gasteiger partial charge is 0.226 e. The molecule has 132 valence electrons. The van der Waals surface area contributed by atoms with Crippen LogP contribution in [-0.4, -0.2) is 48.2 Å². The highest BCUT2D eigenvalue weighted by molar-refractivity contribution is 7.09. The summed E-state index contributed by atoms with van der Waals surface area (Å²) in [5, 5.41) is 9.49. The zero-order valence-corrected chi connectivity index (χ0v) is 15.8. The van der Waals surface area contributed by atoms with Crippen molar-refractivity contribution in [1.29, 1.82) is 0 Å². The van der Waals surface area contributed by atoms with Crippen molar-refractivity contribution in [3.05, 3.63) is 34.1 Å². The van der Waals surface area contributed by atoms with Gasteiger partial charge in [-0.15, -0.1) is 11.3 Å². The van der Waals surface area contributed by atoms with Crippen molar-refractivity contribution in [3.8, 4) is 0 Å². The summed E-state index contributed by atoms with van der Waals surface area (Å²) in [5.41, 5.74) is 0. The molecular formula is C17H27N5OS. The molecule has 2 aromatic rings. The average molecular weight is 350 g/mol. The normalized spacial score (nSPS) is 12.0. The molecule has 0 spiro atoms. The maximum Gasteiger partial charge on any atom is 0.226 e. The second-order valence-electron chi connectivity index (χ2n) is 6.03. The number of hydrogen-bond donors (Lipinski definition) is 1. The first-order chi connectivity index (χ1) is 11.6. The van der Waals surface area contributed by atoms with Crippen molar-refractivity contribution < 1.29 is 4.52 Å².